The van der Waals surface area contributed by atoms with Crippen LogP contribution >= 0.6 is 0 Å². The molecule has 0 spiro atoms. The van der Waals surface area contributed by atoms with E-state index in [1.54, 1.807) is 23.1 Å². The Kier molecular flexibility index (Phi) is 4.88. The topological polar surface area (TPSA) is 66.2 Å². The lowest BCUT2D eigenvalue weighted by Gasteiger charge is -2.29. The van der Waals surface area contributed by atoms with Crippen molar-refractivity contribution in [1.29, 1.82) is 0 Å². The van der Waals surface area contributed by atoms with Crippen LogP contribution in [-0.2, 0) is 4.74 Å². The van der Waals surface area contributed by atoms with Gasteiger partial charge in [0, 0.05) is 32.2 Å². The highest BCUT2D eigenvalue weighted by atomic mass is 16.5. The van der Waals surface area contributed by atoms with Gasteiger partial charge in [-0.25, -0.2) is 0 Å². The number of benzene rings is 1. The highest BCUT2D eigenvalue weighted by Gasteiger charge is 2.33. The third-order valence-corrected chi connectivity index (χ3v) is 5.47. The number of anilines is 1. The zero-order valence-corrected chi connectivity index (χ0v) is 15.8. The van der Waals surface area contributed by atoms with Crippen LogP contribution in [0.1, 0.15) is 16.8 Å². The number of nitrogens with zero attached hydrogens (tertiary/aromatic N) is 3. The van der Waals surface area contributed by atoms with Crippen LogP contribution in [0.5, 0.6) is 0 Å². The van der Waals surface area contributed by atoms with E-state index >= 15 is 0 Å². The van der Waals surface area contributed by atoms with Gasteiger partial charge in [0.05, 0.1) is 18.6 Å². The second kappa shape index (κ2) is 7.32. The van der Waals surface area contributed by atoms with Crippen molar-refractivity contribution < 1.29 is 13.9 Å². The predicted octanol–water partition coefficient (Wildman–Crippen LogP) is 1.41. The van der Waals surface area contributed by atoms with Gasteiger partial charge < -0.3 is 23.9 Å². The summed E-state index contributed by atoms with van der Waals surface area (Å²) >= 11 is 0. The molecule has 3 heterocycles. The van der Waals surface area contributed by atoms with Gasteiger partial charge in [0.1, 0.15) is 11.1 Å². The number of fused-ring (bicyclic) bond motifs is 1. The molecule has 2 aliphatic rings. The summed E-state index contributed by atoms with van der Waals surface area (Å²) in [5.74, 6) is 0.139. The second-order valence-corrected chi connectivity index (χ2v) is 7.36. The third kappa shape index (κ3) is 3.33. The SMILES string of the molecule is CN(C)[C@H]1CCN(C(=O)c2c(N3CCOCC3)oc3ccccc3c2=O)C1. The molecule has 0 saturated carbocycles. The molecule has 2 saturated heterocycles. The highest BCUT2D eigenvalue weighted by molar-refractivity contribution is 6.01. The van der Waals surface area contributed by atoms with Crippen molar-refractivity contribution in [3.8, 4) is 0 Å². The Hall–Kier alpha value is -2.38. The molecule has 1 aromatic carbocycles. The number of likely N-dealkylation sites (N-methyl/N-ethyl adjacent to an activating group) is 1. The predicted molar refractivity (Wildman–Crippen MR) is 104 cm³/mol. The van der Waals surface area contributed by atoms with Gasteiger partial charge in [0.2, 0.25) is 11.3 Å². The number of rotatable bonds is 3. The van der Waals surface area contributed by atoms with Crippen molar-refractivity contribution in [2.24, 2.45) is 0 Å². The molecule has 1 aromatic heterocycles. The number of likely N-dealkylation sites (tertiary alicyclic amines) is 1. The molecule has 2 aromatic rings. The van der Waals surface area contributed by atoms with Gasteiger partial charge >= 0.3 is 0 Å². The summed E-state index contributed by atoms with van der Waals surface area (Å²) in [7, 11) is 4.03. The lowest BCUT2D eigenvalue weighted by atomic mass is 10.1. The third-order valence-electron chi connectivity index (χ3n) is 5.47. The number of hydrogen-bond donors (Lipinski definition) is 0. The number of hydrogen-bond acceptors (Lipinski definition) is 6. The van der Waals surface area contributed by atoms with Crippen LogP contribution in [-0.4, -0.2) is 75.2 Å². The Balaban J connectivity index is 1.79. The van der Waals surface area contributed by atoms with Crippen molar-refractivity contribution in [2.45, 2.75) is 12.5 Å². The van der Waals surface area contributed by atoms with E-state index in [1.807, 2.05) is 25.1 Å². The Morgan fingerprint density at radius 3 is 2.59 bits per heavy atom. The van der Waals surface area contributed by atoms with Gasteiger partial charge in [-0.3, -0.25) is 9.59 Å². The fraction of sp³-hybridized carbons (Fsp3) is 0.500. The molecule has 0 aliphatic carbocycles. The maximum Gasteiger partial charge on any atom is 0.263 e. The first-order valence-electron chi connectivity index (χ1n) is 9.40. The Morgan fingerprint density at radius 2 is 1.89 bits per heavy atom. The van der Waals surface area contributed by atoms with Crippen LogP contribution in [0.3, 0.4) is 0 Å². The van der Waals surface area contributed by atoms with Crippen molar-refractivity contribution in [2.75, 3.05) is 58.4 Å². The monoisotopic (exact) mass is 371 g/mol. The van der Waals surface area contributed by atoms with Crippen molar-refractivity contribution in [1.82, 2.24) is 9.80 Å². The van der Waals surface area contributed by atoms with Crippen LogP contribution < -0.4 is 10.3 Å². The maximum absolute atomic E-state index is 13.3. The summed E-state index contributed by atoms with van der Waals surface area (Å²) in [6.45, 7) is 3.58. The summed E-state index contributed by atoms with van der Waals surface area (Å²) in [4.78, 5) is 32.4. The molecule has 0 unspecified atom stereocenters. The molecule has 7 nitrogen and oxygen atoms in total. The molecule has 0 radical (unpaired) electrons. The van der Waals surface area contributed by atoms with E-state index in [0.29, 0.717) is 62.3 Å². The lowest BCUT2D eigenvalue weighted by molar-refractivity contribution is 0.0778. The van der Waals surface area contributed by atoms with E-state index < -0.39 is 0 Å². The summed E-state index contributed by atoms with van der Waals surface area (Å²) < 4.78 is 11.5. The van der Waals surface area contributed by atoms with Crippen LogP contribution in [0.15, 0.2) is 33.5 Å². The van der Waals surface area contributed by atoms with Gasteiger partial charge in [-0.2, -0.15) is 0 Å². The summed E-state index contributed by atoms with van der Waals surface area (Å²) in [6, 6.07) is 7.42. The number of ether oxygens (including phenoxy) is 1. The summed E-state index contributed by atoms with van der Waals surface area (Å²) in [5.41, 5.74) is 0.403. The minimum absolute atomic E-state index is 0.148. The van der Waals surface area contributed by atoms with Crippen LogP contribution in [0.4, 0.5) is 5.88 Å². The van der Waals surface area contributed by atoms with Gasteiger partial charge in [-0.1, -0.05) is 12.1 Å². The minimum Gasteiger partial charge on any atom is -0.439 e. The molecule has 2 fully saturated rings. The minimum atomic E-state index is -0.253. The summed E-state index contributed by atoms with van der Waals surface area (Å²) in [5, 5.41) is 0.446. The largest absolute Gasteiger partial charge is 0.439 e. The van der Waals surface area contributed by atoms with Crippen LogP contribution in [0, 0.1) is 0 Å². The van der Waals surface area contributed by atoms with E-state index in [1.165, 1.54) is 0 Å². The fourth-order valence-corrected chi connectivity index (χ4v) is 3.81. The number of carbonyl (C=O) groups is 1. The molecule has 27 heavy (non-hydrogen) atoms. The molecule has 4 rings (SSSR count). The van der Waals surface area contributed by atoms with E-state index in [-0.39, 0.29) is 16.9 Å². The molecule has 0 bridgehead atoms. The second-order valence-electron chi connectivity index (χ2n) is 7.36. The van der Waals surface area contributed by atoms with Crippen molar-refractivity contribution in [3.05, 3.63) is 40.1 Å². The number of para-hydroxylation sites is 1. The maximum atomic E-state index is 13.3. The average Bonchev–Trinajstić information content (AvgIpc) is 3.19. The van der Waals surface area contributed by atoms with E-state index in [2.05, 4.69) is 4.90 Å². The molecule has 7 heteroatoms. The zero-order chi connectivity index (χ0) is 19.0. The number of morpholine rings is 1. The first kappa shape index (κ1) is 18.0. The number of carbonyl (C=O) groups excluding carboxylic acids is 1. The van der Waals surface area contributed by atoms with Crippen molar-refractivity contribution >= 4 is 22.8 Å². The normalized spacial score (nSPS) is 20.6. The molecule has 144 valence electrons. The van der Waals surface area contributed by atoms with Gasteiger partial charge in [-0.15, -0.1) is 0 Å². The zero-order valence-electron chi connectivity index (χ0n) is 15.8. The first-order valence-corrected chi connectivity index (χ1v) is 9.40. The van der Waals surface area contributed by atoms with Gasteiger partial charge in [0.15, 0.2) is 0 Å². The van der Waals surface area contributed by atoms with Gasteiger partial charge in [-0.05, 0) is 32.6 Å². The van der Waals surface area contributed by atoms with Crippen molar-refractivity contribution in [3.63, 3.8) is 0 Å². The highest BCUT2D eigenvalue weighted by Crippen LogP contribution is 2.27. The standard InChI is InChI=1S/C20H25N3O4/c1-21(2)14-7-8-23(13-14)19(25)17-18(24)15-5-3-4-6-16(15)27-20(17)22-9-11-26-12-10-22/h3-6,14H,7-13H2,1-2H3/t14-/m0/s1. The molecule has 0 N–H and O–H groups in total. The molecule has 2 aliphatic heterocycles. The Bertz CT molecular complexity index is 902. The first-order chi connectivity index (χ1) is 13.1. The number of amides is 1. The van der Waals surface area contributed by atoms with E-state index in [4.69, 9.17) is 9.15 Å². The van der Waals surface area contributed by atoms with Gasteiger partial charge in [0.25, 0.3) is 5.91 Å². The molecular weight excluding hydrogens is 346 g/mol. The van der Waals surface area contributed by atoms with E-state index in [9.17, 15) is 9.59 Å². The summed E-state index contributed by atoms with van der Waals surface area (Å²) in [6.07, 6.45) is 0.907. The molecule has 1 amide bonds. The van der Waals surface area contributed by atoms with Crippen LogP contribution in [0.25, 0.3) is 11.0 Å². The fourth-order valence-electron chi connectivity index (χ4n) is 3.81. The quantitative estimate of drug-likeness (QED) is 0.813. The van der Waals surface area contributed by atoms with E-state index in [0.717, 1.165) is 6.42 Å². The average molecular weight is 371 g/mol. The lowest BCUT2D eigenvalue weighted by Crippen LogP contribution is -2.41. The molecule has 1 atom stereocenters. The Morgan fingerprint density at radius 1 is 1.15 bits per heavy atom. The van der Waals surface area contributed by atoms with Crippen LogP contribution in [0.2, 0.25) is 0 Å². The molecular formula is C20H25N3O4. The smallest absolute Gasteiger partial charge is 0.263 e. The Labute approximate surface area is 158 Å².